The standard InChI is InChI=1S/C14H13F3N6/c1-22-5-4-18-14(22)19-7-9-8-23(21-20-9)10-2-3-12(15)11(6-10)13(16)17/h2-6,8,13H,7H2,1H3,(H,18,19). The van der Waals surface area contributed by atoms with Crippen molar-refractivity contribution in [2.24, 2.45) is 7.05 Å². The number of aryl methyl sites for hydroxylation is 1. The van der Waals surface area contributed by atoms with Gasteiger partial charge in [0.25, 0.3) is 6.43 Å². The number of benzene rings is 1. The van der Waals surface area contributed by atoms with E-state index < -0.39 is 17.8 Å². The van der Waals surface area contributed by atoms with Crippen LogP contribution >= 0.6 is 0 Å². The molecule has 3 rings (SSSR count). The van der Waals surface area contributed by atoms with Gasteiger partial charge in [-0.25, -0.2) is 22.8 Å². The van der Waals surface area contributed by atoms with E-state index in [4.69, 9.17) is 0 Å². The van der Waals surface area contributed by atoms with Crippen molar-refractivity contribution >= 4 is 5.95 Å². The summed E-state index contributed by atoms with van der Waals surface area (Å²) in [5, 5.41) is 10.9. The Balaban J connectivity index is 1.76. The number of nitrogens with one attached hydrogen (secondary N) is 1. The lowest BCUT2D eigenvalue weighted by Crippen LogP contribution is -2.04. The Kier molecular flexibility index (Phi) is 4.00. The zero-order chi connectivity index (χ0) is 16.4. The number of aromatic nitrogens is 5. The molecule has 0 spiro atoms. The molecular weight excluding hydrogens is 309 g/mol. The Morgan fingerprint density at radius 1 is 1.30 bits per heavy atom. The third-order valence-electron chi connectivity index (χ3n) is 3.27. The number of anilines is 1. The van der Waals surface area contributed by atoms with Gasteiger partial charge in [-0.3, -0.25) is 0 Å². The van der Waals surface area contributed by atoms with Gasteiger partial charge in [0.1, 0.15) is 11.5 Å². The molecule has 2 aromatic heterocycles. The highest BCUT2D eigenvalue weighted by atomic mass is 19.3. The van der Waals surface area contributed by atoms with Gasteiger partial charge >= 0.3 is 0 Å². The lowest BCUT2D eigenvalue weighted by Gasteiger charge is -2.05. The molecule has 0 aliphatic carbocycles. The second-order valence-corrected chi connectivity index (χ2v) is 4.88. The smallest absolute Gasteiger partial charge is 0.266 e. The summed E-state index contributed by atoms with van der Waals surface area (Å²) in [6, 6.07) is 3.42. The first-order chi connectivity index (χ1) is 11.0. The van der Waals surface area contributed by atoms with Gasteiger partial charge in [0, 0.05) is 19.4 Å². The van der Waals surface area contributed by atoms with E-state index in [2.05, 4.69) is 20.6 Å². The lowest BCUT2D eigenvalue weighted by atomic mass is 10.2. The maximum atomic E-state index is 13.3. The van der Waals surface area contributed by atoms with Crippen LogP contribution in [-0.4, -0.2) is 24.5 Å². The first-order valence-corrected chi connectivity index (χ1v) is 6.75. The van der Waals surface area contributed by atoms with Crippen LogP contribution in [0.2, 0.25) is 0 Å². The van der Waals surface area contributed by atoms with Crippen molar-refractivity contribution in [3.63, 3.8) is 0 Å². The van der Waals surface area contributed by atoms with Crippen LogP contribution in [0.15, 0.2) is 36.8 Å². The van der Waals surface area contributed by atoms with Crippen LogP contribution in [0.3, 0.4) is 0 Å². The van der Waals surface area contributed by atoms with E-state index in [-0.39, 0.29) is 0 Å². The number of hydrogen-bond acceptors (Lipinski definition) is 4. The molecule has 3 aromatic rings. The molecule has 6 nitrogen and oxygen atoms in total. The summed E-state index contributed by atoms with van der Waals surface area (Å²) in [6.45, 7) is 0.369. The summed E-state index contributed by atoms with van der Waals surface area (Å²) >= 11 is 0. The number of hydrogen-bond donors (Lipinski definition) is 1. The monoisotopic (exact) mass is 322 g/mol. The first kappa shape index (κ1) is 15.1. The van der Waals surface area contributed by atoms with Crippen LogP contribution in [0.1, 0.15) is 17.7 Å². The predicted octanol–water partition coefficient (Wildman–Crippen LogP) is 2.69. The average Bonchev–Trinajstić information content (AvgIpc) is 3.14. The summed E-state index contributed by atoms with van der Waals surface area (Å²) in [5.41, 5.74) is 0.249. The molecule has 0 saturated heterocycles. The SMILES string of the molecule is Cn1ccnc1NCc1cn(-c2ccc(F)c(C(F)F)c2)nn1. The quantitative estimate of drug-likeness (QED) is 0.784. The number of halogens is 3. The van der Waals surface area contributed by atoms with E-state index in [0.717, 1.165) is 12.1 Å². The van der Waals surface area contributed by atoms with E-state index >= 15 is 0 Å². The van der Waals surface area contributed by atoms with Gasteiger partial charge in [0.2, 0.25) is 5.95 Å². The Labute approximate surface area is 129 Å². The van der Waals surface area contributed by atoms with Crippen LogP contribution in [-0.2, 0) is 13.6 Å². The van der Waals surface area contributed by atoms with Gasteiger partial charge in [-0.1, -0.05) is 5.21 Å². The van der Waals surface area contributed by atoms with E-state index in [9.17, 15) is 13.2 Å². The fourth-order valence-corrected chi connectivity index (χ4v) is 2.05. The van der Waals surface area contributed by atoms with Crippen molar-refractivity contribution < 1.29 is 13.2 Å². The minimum Gasteiger partial charge on any atom is -0.350 e. The number of imidazole rings is 1. The molecule has 0 atom stereocenters. The Morgan fingerprint density at radius 3 is 2.83 bits per heavy atom. The molecule has 0 aliphatic heterocycles. The third kappa shape index (κ3) is 3.17. The summed E-state index contributed by atoms with van der Waals surface area (Å²) in [5.74, 6) is -0.276. The molecule has 0 aliphatic rings. The highest BCUT2D eigenvalue weighted by molar-refractivity contribution is 5.37. The Morgan fingerprint density at radius 2 is 2.13 bits per heavy atom. The van der Waals surface area contributed by atoms with Crippen molar-refractivity contribution in [2.75, 3.05) is 5.32 Å². The summed E-state index contributed by atoms with van der Waals surface area (Å²) in [6.07, 6.45) is 2.15. The fourth-order valence-electron chi connectivity index (χ4n) is 2.05. The maximum absolute atomic E-state index is 13.3. The number of alkyl halides is 2. The third-order valence-corrected chi connectivity index (χ3v) is 3.27. The van der Waals surface area contributed by atoms with Crippen molar-refractivity contribution in [1.82, 2.24) is 24.5 Å². The Hall–Kier alpha value is -2.84. The molecule has 120 valence electrons. The second-order valence-electron chi connectivity index (χ2n) is 4.88. The van der Waals surface area contributed by atoms with Gasteiger partial charge in [0.15, 0.2) is 0 Å². The molecule has 2 heterocycles. The van der Waals surface area contributed by atoms with Crippen LogP contribution < -0.4 is 5.32 Å². The summed E-state index contributed by atoms with van der Waals surface area (Å²) < 4.78 is 41.9. The summed E-state index contributed by atoms with van der Waals surface area (Å²) in [7, 11) is 1.84. The van der Waals surface area contributed by atoms with Crippen molar-refractivity contribution in [1.29, 1.82) is 0 Å². The normalized spacial score (nSPS) is 11.2. The van der Waals surface area contributed by atoms with Gasteiger partial charge < -0.3 is 9.88 Å². The van der Waals surface area contributed by atoms with E-state index in [0.29, 0.717) is 23.9 Å². The van der Waals surface area contributed by atoms with Crippen molar-refractivity contribution in [2.45, 2.75) is 13.0 Å². The zero-order valence-electron chi connectivity index (χ0n) is 12.1. The van der Waals surface area contributed by atoms with Crippen LogP contribution in [0, 0.1) is 5.82 Å². The number of nitrogens with zero attached hydrogens (tertiary/aromatic N) is 5. The van der Waals surface area contributed by atoms with E-state index in [1.54, 1.807) is 23.2 Å². The highest BCUT2D eigenvalue weighted by Crippen LogP contribution is 2.24. The average molecular weight is 322 g/mol. The molecule has 0 unspecified atom stereocenters. The zero-order valence-corrected chi connectivity index (χ0v) is 12.1. The second kappa shape index (κ2) is 6.11. The Bertz CT molecular complexity index is 810. The van der Waals surface area contributed by atoms with E-state index in [1.165, 1.54) is 10.7 Å². The minimum absolute atomic E-state index is 0.317. The highest BCUT2D eigenvalue weighted by Gasteiger charge is 2.15. The molecule has 1 N–H and O–H groups in total. The van der Waals surface area contributed by atoms with E-state index in [1.807, 2.05) is 7.05 Å². The van der Waals surface area contributed by atoms with Crippen LogP contribution in [0.25, 0.3) is 5.69 Å². The lowest BCUT2D eigenvalue weighted by molar-refractivity contribution is 0.146. The molecule has 9 heteroatoms. The molecule has 0 bridgehead atoms. The molecule has 0 radical (unpaired) electrons. The molecule has 0 fully saturated rings. The van der Waals surface area contributed by atoms with Crippen molar-refractivity contribution in [3.8, 4) is 5.69 Å². The minimum atomic E-state index is -2.89. The van der Waals surface area contributed by atoms with Crippen LogP contribution in [0.4, 0.5) is 19.1 Å². The molecule has 1 aromatic carbocycles. The van der Waals surface area contributed by atoms with Gasteiger partial charge in [0.05, 0.1) is 24.0 Å². The number of rotatable bonds is 5. The molecular formula is C14H13F3N6. The van der Waals surface area contributed by atoms with Gasteiger partial charge in [-0.2, -0.15) is 0 Å². The van der Waals surface area contributed by atoms with Gasteiger partial charge in [-0.05, 0) is 18.2 Å². The van der Waals surface area contributed by atoms with Crippen molar-refractivity contribution in [3.05, 3.63) is 53.9 Å². The topological polar surface area (TPSA) is 60.6 Å². The molecule has 23 heavy (non-hydrogen) atoms. The first-order valence-electron chi connectivity index (χ1n) is 6.75. The predicted molar refractivity (Wildman–Crippen MR) is 76.8 cm³/mol. The van der Waals surface area contributed by atoms with Gasteiger partial charge in [-0.15, -0.1) is 5.10 Å². The fraction of sp³-hybridized carbons (Fsp3) is 0.214. The maximum Gasteiger partial charge on any atom is 0.266 e. The molecule has 0 saturated carbocycles. The summed E-state index contributed by atoms with van der Waals surface area (Å²) in [4.78, 5) is 4.11. The largest absolute Gasteiger partial charge is 0.350 e. The molecule has 0 amide bonds. The van der Waals surface area contributed by atoms with Crippen LogP contribution in [0.5, 0.6) is 0 Å².